The first kappa shape index (κ1) is 26.6. The van der Waals surface area contributed by atoms with E-state index in [1.165, 1.54) is 0 Å². The van der Waals surface area contributed by atoms with Crippen molar-refractivity contribution in [1.29, 1.82) is 0 Å². The summed E-state index contributed by atoms with van der Waals surface area (Å²) in [6.45, 7) is 5.16. The lowest BCUT2D eigenvalue weighted by molar-refractivity contribution is -0.139. The van der Waals surface area contributed by atoms with Gasteiger partial charge in [-0.05, 0) is 56.7 Å². The summed E-state index contributed by atoms with van der Waals surface area (Å²) in [5.74, 6) is -2.29. The highest BCUT2D eigenvalue weighted by Crippen LogP contribution is 2.40. The number of hydrogen-bond donors (Lipinski definition) is 2. The Morgan fingerprint density at radius 2 is 1.72 bits per heavy atom. The fourth-order valence-electron chi connectivity index (χ4n) is 3.14. The van der Waals surface area contributed by atoms with Crippen LogP contribution in [0.25, 0.3) is 6.08 Å². The van der Waals surface area contributed by atoms with Crippen molar-refractivity contribution in [3.05, 3.63) is 75.4 Å². The number of carboxylic acid groups (broad SMARTS) is 1. The molecule has 1 amide bonds. The van der Waals surface area contributed by atoms with Crippen molar-refractivity contribution < 1.29 is 38.8 Å². The van der Waals surface area contributed by atoms with Crippen LogP contribution in [0.15, 0.2) is 63.7 Å². The van der Waals surface area contributed by atoms with E-state index in [2.05, 4.69) is 4.99 Å². The van der Waals surface area contributed by atoms with Gasteiger partial charge in [0.1, 0.15) is 16.4 Å². The van der Waals surface area contributed by atoms with Gasteiger partial charge in [-0.2, -0.15) is 0 Å². The second-order valence-electron chi connectivity index (χ2n) is 7.46. The van der Waals surface area contributed by atoms with Gasteiger partial charge in [0.2, 0.25) is 0 Å². The summed E-state index contributed by atoms with van der Waals surface area (Å²) in [6, 6.07) is 11.6. The number of aliphatic hydroxyl groups is 1. The third kappa shape index (κ3) is 6.54. The number of rotatable bonds is 9. The number of carbonyl (C=O) groups excluding carboxylic acids is 2. The number of aliphatic carboxylic acids is 1. The number of thioether (sulfide) groups is 1. The third-order valence-corrected chi connectivity index (χ3v) is 5.81. The highest BCUT2D eigenvalue weighted by molar-refractivity contribution is 8.18. The van der Waals surface area contributed by atoms with Crippen LogP contribution in [0.4, 0.5) is 0 Å². The first-order chi connectivity index (χ1) is 17.2. The van der Waals surface area contributed by atoms with Crippen LogP contribution < -0.4 is 9.47 Å². The normalized spacial score (nSPS) is 15.3. The standard InChI is InChI=1S/C26H25NO8S/c1-4-33-19-12-16(8-11-18(19)35-14-21(28)29)13-20-23(30)22(26(32)34-5-2)25(36-20)27-24(31)17-9-6-15(3)7-10-17/h6-13,30H,4-5,14H2,1-3H3,(H,28,29)/b20-13-,27-25?. The van der Waals surface area contributed by atoms with E-state index in [9.17, 15) is 19.5 Å². The molecule has 2 aromatic rings. The van der Waals surface area contributed by atoms with Gasteiger partial charge in [-0.1, -0.05) is 35.5 Å². The fourth-order valence-corrected chi connectivity index (χ4v) is 4.15. The summed E-state index contributed by atoms with van der Waals surface area (Å²) in [7, 11) is 0. The summed E-state index contributed by atoms with van der Waals surface area (Å²) in [5, 5.41) is 19.7. The molecule has 0 aliphatic carbocycles. The van der Waals surface area contributed by atoms with Gasteiger partial charge in [-0.15, -0.1) is 0 Å². The van der Waals surface area contributed by atoms with E-state index in [1.807, 2.05) is 6.92 Å². The van der Waals surface area contributed by atoms with E-state index < -0.39 is 24.5 Å². The summed E-state index contributed by atoms with van der Waals surface area (Å²) in [4.78, 5) is 40.5. The molecule has 0 fully saturated rings. The number of nitrogens with zero attached hydrogens (tertiary/aromatic N) is 1. The summed E-state index contributed by atoms with van der Waals surface area (Å²) >= 11 is 0.955. The molecule has 0 unspecified atom stereocenters. The second kappa shape index (κ2) is 12.1. The van der Waals surface area contributed by atoms with Crippen LogP contribution in [-0.4, -0.2) is 52.9 Å². The largest absolute Gasteiger partial charge is 0.506 e. The maximum absolute atomic E-state index is 12.7. The lowest BCUT2D eigenvalue weighted by Gasteiger charge is -2.11. The molecule has 9 nitrogen and oxygen atoms in total. The van der Waals surface area contributed by atoms with Crippen LogP contribution in [0.2, 0.25) is 0 Å². The molecule has 2 aromatic carbocycles. The Kier molecular flexibility index (Phi) is 8.91. The number of aryl methyl sites for hydroxylation is 1. The zero-order valence-corrected chi connectivity index (χ0v) is 20.8. The smallest absolute Gasteiger partial charge is 0.344 e. The monoisotopic (exact) mass is 511 g/mol. The number of esters is 1. The van der Waals surface area contributed by atoms with Gasteiger partial charge < -0.3 is 24.4 Å². The Morgan fingerprint density at radius 1 is 1.00 bits per heavy atom. The molecule has 0 radical (unpaired) electrons. The van der Waals surface area contributed by atoms with Crippen molar-refractivity contribution in [2.75, 3.05) is 19.8 Å². The van der Waals surface area contributed by atoms with Gasteiger partial charge in [0.05, 0.1) is 18.1 Å². The summed E-state index contributed by atoms with van der Waals surface area (Å²) in [6.07, 6.45) is 1.58. The number of aliphatic hydroxyl groups excluding tert-OH is 1. The molecular formula is C26H25NO8S. The quantitative estimate of drug-likeness (QED) is 0.465. The van der Waals surface area contributed by atoms with Crippen LogP contribution in [0, 0.1) is 6.92 Å². The molecule has 0 spiro atoms. The molecule has 0 aromatic heterocycles. The van der Waals surface area contributed by atoms with Crippen molar-refractivity contribution in [3.8, 4) is 11.5 Å². The molecule has 0 saturated heterocycles. The van der Waals surface area contributed by atoms with Crippen molar-refractivity contribution >= 4 is 40.7 Å². The molecule has 2 N–H and O–H groups in total. The first-order valence-electron chi connectivity index (χ1n) is 11.0. The number of amides is 1. The van der Waals surface area contributed by atoms with Crippen molar-refractivity contribution in [2.24, 2.45) is 4.99 Å². The van der Waals surface area contributed by atoms with Crippen molar-refractivity contribution in [2.45, 2.75) is 20.8 Å². The molecule has 10 heteroatoms. The van der Waals surface area contributed by atoms with Crippen molar-refractivity contribution in [3.63, 3.8) is 0 Å². The number of carboxylic acids is 1. The number of benzene rings is 2. The van der Waals surface area contributed by atoms with Crippen LogP contribution in [0.3, 0.4) is 0 Å². The molecule has 0 bridgehead atoms. The van der Waals surface area contributed by atoms with Gasteiger partial charge in [0.15, 0.2) is 18.1 Å². The maximum atomic E-state index is 12.7. The predicted molar refractivity (Wildman–Crippen MR) is 136 cm³/mol. The highest BCUT2D eigenvalue weighted by atomic mass is 32.2. The Labute approximate surface area is 212 Å². The van der Waals surface area contributed by atoms with E-state index in [0.29, 0.717) is 23.5 Å². The molecular weight excluding hydrogens is 486 g/mol. The lowest BCUT2D eigenvalue weighted by atomic mass is 10.1. The van der Waals surface area contributed by atoms with E-state index >= 15 is 0 Å². The number of hydrogen-bond acceptors (Lipinski definition) is 8. The molecule has 1 aliphatic heterocycles. The molecule has 1 heterocycles. The Hall–Kier alpha value is -4.05. The third-order valence-electron chi connectivity index (χ3n) is 4.79. The van der Waals surface area contributed by atoms with Crippen LogP contribution >= 0.6 is 11.8 Å². The molecule has 188 valence electrons. The van der Waals surface area contributed by atoms with Crippen LogP contribution in [-0.2, 0) is 14.3 Å². The zero-order chi connectivity index (χ0) is 26.2. The van der Waals surface area contributed by atoms with Gasteiger partial charge >= 0.3 is 11.9 Å². The topological polar surface area (TPSA) is 132 Å². The lowest BCUT2D eigenvalue weighted by Crippen LogP contribution is -2.14. The SMILES string of the molecule is CCOC(=O)C1=C(O)/C(=C/c2ccc(OCC(=O)O)c(OCC)c2)SC1=NC(=O)c1ccc(C)cc1. The Bertz CT molecular complexity index is 1260. The zero-order valence-electron chi connectivity index (χ0n) is 19.9. The summed E-state index contributed by atoms with van der Waals surface area (Å²) in [5.41, 5.74) is 1.70. The molecule has 36 heavy (non-hydrogen) atoms. The van der Waals surface area contributed by atoms with E-state index in [0.717, 1.165) is 17.3 Å². The van der Waals surface area contributed by atoms with E-state index in [1.54, 1.807) is 62.4 Å². The Morgan fingerprint density at radius 3 is 2.36 bits per heavy atom. The number of carbonyl (C=O) groups is 3. The Balaban J connectivity index is 1.98. The minimum absolute atomic E-state index is 0.0224. The average Bonchev–Trinajstić information content (AvgIpc) is 3.13. The number of aliphatic imine (C=N–C) groups is 1. The molecule has 0 atom stereocenters. The summed E-state index contributed by atoms with van der Waals surface area (Å²) < 4.78 is 15.9. The average molecular weight is 512 g/mol. The van der Waals surface area contributed by atoms with Gasteiger partial charge in [0, 0.05) is 5.56 Å². The molecule has 3 rings (SSSR count). The molecule has 0 saturated carbocycles. The van der Waals surface area contributed by atoms with Gasteiger partial charge in [-0.25, -0.2) is 14.6 Å². The maximum Gasteiger partial charge on any atom is 0.344 e. The number of ether oxygens (including phenoxy) is 3. The van der Waals surface area contributed by atoms with Crippen LogP contribution in [0.1, 0.15) is 35.3 Å². The second-order valence-corrected chi connectivity index (χ2v) is 8.50. The predicted octanol–water partition coefficient (Wildman–Crippen LogP) is 4.56. The molecule has 1 aliphatic rings. The van der Waals surface area contributed by atoms with E-state index in [-0.39, 0.29) is 33.6 Å². The van der Waals surface area contributed by atoms with Gasteiger partial charge in [0.25, 0.3) is 5.91 Å². The van der Waals surface area contributed by atoms with Crippen molar-refractivity contribution in [1.82, 2.24) is 0 Å². The van der Waals surface area contributed by atoms with Crippen LogP contribution in [0.5, 0.6) is 11.5 Å². The minimum atomic E-state index is -1.13. The highest BCUT2D eigenvalue weighted by Gasteiger charge is 2.34. The van der Waals surface area contributed by atoms with Gasteiger partial charge in [-0.3, -0.25) is 4.79 Å². The fraction of sp³-hybridized carbons (Fsp3) is 0.231. The minimum Gasteiger partial charge on any atom is -0.506 e. The van der Waals surface area contributed by atoms with E-state index in [4.69, 9.17) is 19.3 Å². The first-order valence-corrected chi connectivity index (χ1v) is 11.9.